The number of amides is 1. The maximum absolute atomic E-state index is 11.8. The second-order valence-electron chi connectivity index (χ2n) is 6.01. The van der Waals surface area contributed by atoms with E-state index < -0.39 is 48.2 Å². The molecule has 0 bridgehead atoms. The maximum atomic E-state index is 11.8. The number of esters is 3. The quantitative estimate of drug-likeness (QED) is 0.426. The van der Waals surface area contributed by atoms with E-state index in [1.807, 2.05) is 0 Å². The fourth-order valence-corrected chi connectivity index (χ4v) is 2.92. The Hall–Kier alpha value is -3.28. The molecule has 3 aliphatic rings. The Labute approximate surface area is 158 Å². The van der Waals surface area contributed by atoms with Crippen LogP contribution >= 0.6 is 0 Å². The summed E-state index contributed by atoms with van der Waals surface area (Å²) in [5.74, 6) is -2.51. The normalized spacial score (nSPS) is 28.1. The Morgan fingerprint density at radius 2 is 1.68 bits per heavy atom. The molecule has 3 heterocycles. The van der Waals surface area contributed by atoms with Crippen LogP contribution in [0.4, 0.5) is 0 Å². The molecule has 12 nitrogen and oxygen atoms in total. The highest BCUT2D eigenvalue weighted by Gasteiger charge is 2.53. The van der Waals surface area contributed by atoms with Crippen LogP contribution in [-0.4, -0.2) is 78.3 Å². The molecule has 0 spiro atoms. The summed E-state index contributed by atoms with van der Waals surface area (Å²) < 4.78 is 21.4. The summed E-state index contributed by atoms with van der Waals surface area (Å²) in [6.45, 7) is 3.30. The first-order chi connectivity index (χ1) is 13.3. The van der Waals surface area contributed by atoms with Crippen LogP contribution in [-0.2, 0) is 38.1 Å². The molecule has 148 valence electrons. The third-order valence-electron chi connectivity index (χ3n) is 3.92. The molecule has 0 N–H and O–H groups in total. The smallest absolute Gasteiger partial charge is 0.303 e. The van der Waals surface area contributed by atoms with Crippen molar-refractivity contribution in [3.63, 3.8) is 0 Å². The van der Waals surface area contributed by atoms with E-state index >= 15 is 0 Å². The van der Waals surface area contributed by atoms with Gasteiger partial charge in [0.15, 0.2) is 17.9 Å². The van der Waals surface area contributed by atoms with Gasteiger partial charge in [-0.1, -0.05) is 0 Å². The molecule has 28 heavy (non-hydrogen) atoms. The molecule has 0 aromatic carbocycles. The SMILES string of the molecule is CC(=O)OC[C@H]1O[C@@H](C2=NN=C3C(=O)N=CN=C32)[C@H](OC(C)=O)[C@@H]1OC(C)=O. The van der Waals surface area contributed by atoms with E-state index in [2.05, 4.69) is 20.2 Å². The average molecular weight is 392 g/mol. The molecule has 0 radical (unpaired) electrons. The molecule has 4 atom stereocenters. The standard InChI is InChI=1S/C16H16N4O8/c1-6(21)25-4-9-13(26-7(2)22)15(27-8(3)23)14(28-9)11-10-12(20-19-11)16(24)18-5-17-10/h5,9,13-15H,4H2,1-3H3/t9-,13-,14+,15-/m1/s1. The van der Waals surface area contributed by atoms with Gasteiger partial charge < -0.3 is 18.9 Å². The minimum atomic E-state index is -1.12. The Morgan fingerprint density at radius 1 is 1.00 bits per heavy atom. The van der Waals surface area contributed by atoms with Gasteiger partial charge in [0.1, 0.15) is 36.6 Å². The first-order valence-electron chi connectivity index (χ1n) is 8.22. The van der Waals surface area contributed by atoms with Crippen LogP contribution in [0.1, 0.15) is 20.8 Å². The summed E-state index contributed by atoms with van der Waals surface area (Å²) in [5, 5.41) is 7.68. The van der Waals surface area contributed by atoms with Crippen molar-refractivity contribution in [1.82, 2.24) is 0 Å². The highest BCUT2D eigenvalue weighted by molar-refractivity contribution is 6.84. The van der Waals surface area contributed by atoms with E-state index in [0.717, 1.165) is 6.34 Å². The molecule has 3 rings (SSSR count). The molecular formula is C16H16N4O8. The molecule has 0 aromatic rings. The highest BCUT2D eigenvalue weighted by atomic mass is 16.6. The molecule has 3 aliphatic heterocycles. The minimum Gasteiger partial charge on any atom is -0.463 e. The zero-order valence-electron chi connectivity index (χ0n) is 15.1. The number of fused-ring (bicyclic) bond motifs is 1. The first kappa shape index (κ1) is 19.5. The summed E-state index contributed by atoms with van der Waals surface area (Å²) in [7, 11) is 0. The second kappa shape index (κ2) is 7.76. The third-order valence-corrected chi connectivity index (χ3v) is 3.92. The van der Waals surface area contributed by atoms with Gasteiger partial charge in [-0.2, -0.15) is 4.99 Å². The third kappa shape index (κ3) is 3.86. The first-order valence-corrected chi connectivity index (χ1v) is 8.22. The Kier molecular flexibility index (Phi) is 5.40. The number of ether oxygens (including phenoxy) is 4. The van der Waals surface area contributed by atoms with Crippen LogP contribution < -0.4 is 0 Å². The summed E-state index contributed by atoms with van der Waals surface area (Å²) in [6, 6.07) is 0. The summed E-state index contributed by atoms with van der Waals surface area (Å²) in [4.78, 5) is 53.7. The number of hydrogen-bond donors (Lipinski definition) is 0. The van der Waals surface area contributed by atoms with Gasteiger partial charge in [-0.15, -0.1) is 10.2 Å². The Bertz CT molecular complexity index is 859. The molecular weight excluding hydrogens is 376 g/mol. The monoisotopic (exact) mass is 392 g/mol. The molecule has 1 saturated heterocycles. The average Bonchev–Trinajstić information content (AvgIpc) is 3.16. The van der Waals surface area contributed by atoms with E-state index in [9.17, 15) is 19.2 Å². The molecule has 0 unspecified atom stereocenters. The summed E-state index contributed by atoms with van der Waals surface area (Å²) in [5.41, 5.74) is 0.162. The minimum absolute atomic E-state index is 0.0739. The molecule has 12 heteroatoms. The van der Waals surface area contributed by atoms with Gasteiger partial charge >= 0.3 is 23.8 Å². The largest absolute Gasteiger partial charge is 0.463 e. The van der Waals surface area contributed by atoms with Gasteiger partial charge in [-0.3, -0.25) is 19.2 Å². The van der Waals surface area contributed by atoms with Crippen molar-refractivity contribution in [1.29, 1.82) is 0 Å². The molecule has 1 amide bonds. The van der Waals surface area contributed by atoms with Crippen molar-refractivity contribution >= 4 is 47.3 Å². The Morgan fingerprint density at radius 3 is 2.32 bits per heavy atom. The predicted molar refractivity (Wildman–Crippen MR) is 92.2 cm³/mol. The fourth-order valence-electron chi connectivity index (χ4n) is 2.92. The van der Waals surface area contributed by atoms with Crippen molar-refractivity contribution in [3.05, 3.63) is 0 Å². The zero-order chi connectivity index (χ0) is 20.4. The van der Waals surface area contributed by atoms with Crippen LogP contribution in [0.3, 0.4) is 0 Å². The van der Waals surface area contributed by atoms with E-state index in [4.69, 9.17) is 18.9 Å². The van der Waals surface area contributed by atoms with E-state index in [0.29, 0.717) is 0 Å². The maximum Gasteiger partial charge on any atom is 0.303 e. The molecule has 0 saturated carbocycles. The topological polar surface area (TPSA) is 155 Å². The van der Waals surface area contributed by atoms with E-state index in [1.165, 1.54) is 20.8 Å². The van der Waals surface area contributed by atoms with Crippen LogP contribution in [0, 0.1) is 0 Å². The summed E-state index contributed by atoms with van der Waals surface area (Å²) in [6.07, 6.45) is -3.15. The number of rotatable bonds is 5. The second-order valence-corrected chi connectivity index (χ2v) is 6.01. The van der Waals surface area contributed by atoms with Crippen molar-refractivity contribution in [2.45, 2.75) is 45.2 Å². The van der Waals surface area contributed by atoms with E-state index in [-0.39, 0.29) is 23.7 Å². The van der Waals surface area contributed by atoms with Crippen molar-refractivity contribution < 1.29 is 38.1 Å². The van der Waals surface area contributed by atoms with Crippen molar-refractivity contribution in [2.24, 2.45) is 20.2 Å². The Balaban J connectivity index is 1.92. The van der Waals surface area contributed by atoms with Gasteiger partial charge in [-0.25, -0.2) is 4.99 Å². The van der Waals surface area contributed by atoms with Gasteiger partial charge in [0.2, 0.25) is 0 Å². The van der Waals surface area contributed by atoms with Crippen LogP contribution in [0.25, 0.3) is 0 Å². The fraction of sp³-hybridized carbons (Fsp3) is 0.500. The number of carbonyl (C=O) groups is 4. The van der Waals surface area contributed by atoms with Gasteiger partial charge in [0, 0.05) is 20.8 Å². The van der Waals surface area contributed by atoms with Crippen molar-refractivity contribution in [2.75, 3.05) is 6.61 Å². The lowest BCUT2D eigenvalue weighted by molar-refractivity contribution is -0.165. The molecule has 0 aromatic heterocycles. The highest BCUT2D eigenvalue weighted by Crippen LogP contribution is 2.30. The molecule has 1 fully saturated rings. The van der Waals surface area contributed by atoms with Gasteiger partial charge in [0.25, 0.3) is 0 Å². The van der Waals surface area contributed by atoms with Crippen LogP contribution in [0.15, 0.2) is 20.2 Å². The van der Waals surface area contributed by atoms with E-state index in [1.54, 1.807) is 0 Å². The lowest BCUT2D eigenvalue weighted by atomic mass is 9.98. The van der Waals surface area contributed by atoms with Gasteiger partial charge in [0.05, 0.1) is 0 Å². The van der Waals surface area contributed by atoms with Crippen LogP contribution in [0.2, 0.25) is 0 Å². The zero-order valence-corrected chi connectivity index (χ0v) is 15.1. The number of nitrogens with zero attached hydrogens (tertiary/aromatic N) is 4. The lowest BCUT2D eigenvalue weighted by Gasteiger charge is -2.23. The van der Waals surface area contributed by atoms with Gasteiger partial charge in [-0.05, 0) is 0 Å². The number of hydrogen-bond acceptors (Lipinski definition) is 11. The summed E-state index contributed by atoms with van der Waals surface area (Å²) >= 11 is 0. The van der Waals surface area contributed by atoms with Crippen molar-refractivity contribution in [3.8, 4) is 0 Å². The predicted octanol–water partition coefficient (Wildman–Crippen LogP) is -1.000. The number of aliphatic imine (C=N–C) groups is 2. The lowest BCUT2D eigenvalue weighted by Crippen LogP contribution is -2.45. The molecule has 0 aliphatic carbocycles. The number of carbonyl (C=O) groups excluding carboxylic acids is 4. The van der Waals surface area contributed by atoms with Crippen LogP contribution in [0.5, 0.6) is 0 Å².